The lowest BCUT2D eigenvalue weighted by molar-refractivity contribution is 0.159. The highest BCUT2D eigenvalue weighted by atomic mass is 16.3. The van der Waals surface area contributed by atoms with Crippen molar-refractivity contribution in [2.75, 3.05) is 32.8 Å². The molecule has 3 heteroatoms. The fraction of sp³-hybridized carbons (Fsp3) is 0.913. The molecule has 0 rings (SSSR count). The van der Waals surface area contributed by atoms with Crippen LogP contribution in [0.15, 0.2) is 12.2 Å². The van der Waals surface area contributed by atoms with Crippen LogP contribution in [0.3, 0.4) is 0 Å². The maximum atomic E-state index is 8.98. The Morgan fingerprint density at radius 2 is 0.962 bits per heavy atom. The normalized spacial score (nSPS) is 11.8. The average Bonchev–Trinajstić information content (AvgIpc) is 2.64. The second-order valence-electron chi connectivity index (χ2n) is 7.58. The zero-order valence-corrected chi connectivity index (χ0v) is 17.6. The fourth-order valence-corrected chi connectivity index (χ4v) is 3.38. The van der Waals surface area contributed by atoms with Crippen LogP contribution in [-0.4, -0.2) is 48.0 Å². The molecule has 0 aliphatic rings. The highest BCUT2D eigenvalue weighted by molar-refractivity contribution is 4.81. The molecular weight excluding hydrogens is 322 g/mol. The molecule has 0 fully saturated rings. The molecule has 0 bridgehead atoms. The molecule has 0 aromatic carbocycles. The highest BCUT2D eigenvalue weighted by Gasteiger charge is 2.02. The van der Waals surface area contributed by atoms with Gasteiger partial charge in [0.1, 0.15) is 0 Å². The Morgan fingerprint density at radius 3 is 1.42 bits per heavy atom. The topological polar surface area (TPSA) is 43.7 Å². The van der Waals surface area contributed by atoms with Crippen LogP contribution in [0.2, 0.25) is 0 Å². The molecule has 0 aliphatic carbocycles. The van der Waals surface area contributed by atoms with Gasteiger partial charge in [-0.15, -0.1) is 0 Å². The summed E-state index contributed by atoms with van der Waals surface area (Å²) in [6, 6.07) is 0. The molecule has 0 unspecified atom stereocenters. The third-order valence-corrected chi connectivity index (χ3v) is 5.07. The van der Waals surface area contributed by atoms with Gasteiger partial charge in [0.05, 0.1) is 13.2 Å². The van der Waals surface area contributed by atoms with Gasteiger partial charge in [-0.05, 0) is 38.6 Å². The van der Waals surface area contributed by atoms with E-state index in [1.807, 2.05) is 0 Å². The van der Waals surface area contributed by atoms with Gasteiger partial charge in [-0.3, -0.25) is 4.90 Å². The van der Waals surface area contributed by atoms with Crippen LogP contribution < -0.4 is 0 Å². The van der Waals surface area contributed by atoms with Crippen molar-refractivity contribution < 1.29 is 10.2 Å². The monoisotopic (exact) mass is 369 g/mol. The Hall–Kier alpha value is -0.380. The zero-order valence-electron chi connectivity index (χ0n) is 17.6. The Bertz CT molecular complexity index is 275. The van der Waals surface area contributed by atoms with Gasteiger partial charge in [0.15, 0.2) is 0 Å². The molecule has 0 aromatic heterocycles. The van der Waals surface area contributed by atoms with E-state index in [2.05, 4.69) is 24.0 Å². The number of aliphatic hydroxyl groups is 2. The van der Waals surface area contributed by atoms with Crippen LogP contribution in [0.5, 0.6) is 0 Å². The van der Waals surface area contributed by atoms with E-state index in [1.54, 1.807) is 0 Å². The van der Waals surface area contributed by atoms with E-state index in [0.29, 0.717) is 13.1 Å². The first kappa shape index (κ1) is 25.6. The number of hydrogen-bond donors (Lipinski definition) is 2. The smallest absolute Gasteiger partial charge is 0.0558 e. The molecule has 0 atom stereocenters. The van der Waals surface area contributed by atoms with E-state index in [-0.39, 0.29) is 13.2 Å². The quantitative estimate of drug-likeness (QED) is 0.201. The Labute approximate surface area is 163 Å². The van der Waals surface area contributed by atoms with E-state index in [1.165, 1.54) is 96.3 Å². The summed E-state index contributed by atoms with van der Waals surface area (Å²) in [6.07, 6.45) is 24.9. The van der Waals surface area contributed by atoms with Crippen LogP contribution in [0.1, 0.15) is 103 Å². The zero-order chi connectivity index (χ0) is 19.1. The van der Waals surface area contributed by atoms with Crippen molar-refractivity contribution in [2.24, 2.45) is 0 Å². The minimum Gasteiger partial charge on any atom is -0.395 e. The van der Waals surface area contributed by atoms with Gasteiger partial charge in [0.25, 0.3) is 0 Å². The predicted molar refractivity (Wildman–Crippen MR) is 115 cm³/mol. The Balaban J connectivity index is 3.23. The largest absolute Gasteiger partial charge is 0.395 e. The number of allylic oxidation sites excluding steroid dienone is 2. The molecule has 0 aromatic rings. The van der Waals surface area contributed by atoms with Gasteiger partial charge in [-0.2, -0.15) is 0 Å². The molecule has 0 spiro atoms. The average molecular weight is 370 g/mol. The van der Waals surface area contributed by atoms with E-state index >= 15 is 0 Å². The molecule has 156 valence electrons. The van der Waals surface area contributed by atoms with Crippen molar-refractivity contribution in [1.82, 2.24) is 4.90 Å². The lowest BCUT2D eigenvalue weighted by Crippen LogP contribution is -2.30. The number of hydrogen-bond acceptors (Lipinski definition) is 3. The van der Waals surface area contributed by atoms with Crippen molar-refractivity contribution in [3.05, 3.63) is 12.2 Å². The molecular formula is C23H47NO2. The maximum absolute atomic E-state index is 8.98. The van der Waals surface area contributed by atoms with Crippen LogP contribution in [0, 0.1) is 0 Å². The van der Waals surface area contributed by atoms with Crippen LogP contribution >= 0.6 is 0 Å². The molecule has 3 nitrogen and oxygen atoms in total. The summed E-state index contributed by atoms with van der Waals surface area (Å²) in [5.74, 6) is 0. The van der Waals surface area contributed by atoms with E-state index in [4.69, 9.17) is 10.2 Å². The summed E-state index contributed by atoms with van der Waals surface area (Å²) in [5.41, 5.74) is 0. The summed E-state index contributed by atoms with van der Waals surface area (Å²) in [6.45, 7) is 5.03. The minimum atomic E-state index is 0.187. The van der Waals surface area contributed by atoms with Gasteiger partial charge in [0, 0.05) is 13.1 Å². The summed E-state index contributed by atoms with van der Waals surface area (Å²) in [7, 11) is 0. The van der Waals surface area contributed by atoms with Crippen molar-refractivity contribution in [2.45, 2.75) is 103 Å². The summed E-state index contributed by atoms with van der Waals surface area (Å²) in [5, 5.41) is 18.0. The third-order valence-electron chi connectivity index (χ3n) is 5.07. The molecule has 0 saturated carbocycles. The Morgan fingerprint density at radius 1 is 0.538 bits per heavy atom. The lowest BCUT2D eigenvalue weighted by Gasteiger charge is -2.19. The minimum absolute atomic E-state index is 0.187. The molecule has 2 N–H and O–H groups in total. The predicted octanol–water partition coefficient (Wildman–Crippen LogP) is 5.70. The second-order valence-corrected chi connectivity index (χ2v) is 7.58. The molecule has 0 heterocycles. The van der Waals surface area contributed by atoms with Crippen LogP contribution in [-0.2, 0) is 0 Å². The first-order valence-electron chi connectivity index (χ1n) is 11.4. The van der Waals surface area contributed by atoms with Crippen molar-refractivity contribution in [3.63, 3.8) is 0 Å². The van der Waals surface area contributed by atoms with Gasteiger partial charge in [-0.1, -0.05) is 83.3 Å². The molecule has 0 amide bonds. The molecule has 26 heavy (non-hydrogen) atoms. The highest BCUT2D eigenvalue weighted by Crippen LogP contribution is 2.10. The summed E-state index contributed by atoms with van der Waals surface area (Å²) >= 11 is 0. The van der Waals surface area contributed by atoms with Crippen molar-refractivity contribution in [3.8, 4) is 0 Å². The van der Waals surface area contributed by atoms with E-state index in [0.717, 1.165) is 6.54 Å². The number of unbranched alkanes of at least 4 members (excludes halogenated alkanes) is 13. The third kappa shape index (κ3) is 19.9. The lowest BCUT2D eigenvalue weighted by atomic mass is 10.1. The van der Waals surface area contributed by atoms with E-state index in [9.17, 15) is 0 Å². The first-order chi connectivity index (χ1) is 12.8. The number of rotatable bonds is 21. The number of nitrogens with zero attached hydrogens (tertiary/aromatic N) is 1. The molecule has 0 radical (unpaired) electrons. The van der Waals surface area contributed by atoms with Gasteiger partial charge < -0.3 is 10.2 Å². The van der Waals surface area contributed by atoms with Crippen LogP contribution in [0.25, 0.3) is 0 Å². The second kappa shape index (κ2) is 22.7. The SMILES string of the molecule is CCCCCCCCC/C=C\CCCCCCCCN(CCO)CCO. The van der Waals surface area contributed by atoms with Crippen molar-refractivity contribution in [1.29, 1.82) is 0 Å². The first-order valence-corrected chi connectivity index (χ1v) is 11.4. The van der Waals surface area contributed by atoms with Crippen molar-refractivity contribution >= 4 is 0 Å². The Kier molecular flexibility index (Phi) is 22.3. The maximum Gasteiger partial charge on any atom is 0.0558 e. The van der Waals surface area contributed by atoms with Gasteiger partial charge in [-0.25, -0.2) is 0 Å². The van der Waals surface area contributed by atoms with Gasteiger partial charge in [0.2, 0.25) is 0 Å². The summed E-state index contributed by atoms with van der Waals surface area (Å²) in [4.78, 5) is 2.15. The van der Waals surface area contributed by atoms with E-state index < -0.39 is 0 Å². The standard InChI is InChI=1S/C23H47NO2/c1-2-3-4-5-6-7-8-9-10-11-12-13-14-15-16-17-18-19-24(20-22-25)21-23-26/h10-11,25-26H,2-9,12-23H2,1H3/b11-10-. The molecule has 0 saturated heterocycles. The fourth-order valence-electron chi connectivity index (χ4n) is 3.38. The summed E-state index contributed by atoms with van der Waals surface area (Å²) < 4.78 is 0. The van der Waals surface area contributed by atoms with Crippen LogP contribution in [0.4, 0.5) is 0 Å². The number of aliphatic hydroxyl groups excluding tert-OH is 2. The van der Waals surface area contributed by atoms with Gasteiger partial charge >= 0.3 is 0 Å². The molecule has 0 aliphatic heterocycles.